The van der Waals surface area contributed by atoms with Crippen molar-refractivity contribution < 1.29 is 4.74 Å². The molecule has 0 radical (unpaired) electrons. The molecule has 1 heterocycles. The number of aromatic nitrogens is 1. The third kappa shape index (κ3) is 2.61. The lowest BCUT2D eigenvalue weighted by molar-refractivity contribution is 0.171. The van der Waals surface area contributed by atoms with Crippen LogP contribution in [0.1, 0.15) is 19.4 Å². The van der Waals surface area contributed by atoms with Crippen molar-refractivity contribution in [1.29, 1.82) is 0 Å². The number of hydrogen-bond acceptors (Lipinski definition) is 2. The van der Waals surface area contributed by atoms with E-state index in [0.29, 0.717) is 0 Å². The number of nitrogens with zero attached hydrogens (tertiary/aromatic N) is 2. The van der Waals surface area contributed by atoms with Crippen LogP contribution in [0.2, 0.25) is 0 Å². The van der Waals surface area contributed by atoms with Crippen LogP contribution in [0.3, 0.4) is 0 Å². The van der Waals surface area contributed by atoms with Crippen molar-refractivity contribution in [1.82, 2.24) is 9.47 Å². The van der Waals surface area contributed by atoms with Crippen LogP contribution in [0.5, 0.6) is 5.75 Å². The molecule has 0 unspecified atom stereocenters. The maximum atomic E-state index is 5.55. The Morgan fingerprint density at radius 2 is 1.95 bits per heavy atom. The number of likely N-dealkylation sites (N-methyl/N-ethyl adjacent to an activating group) is 1. The Labute approximate surface area is 115 Å². The number of rotatable bonds is 4. The second-order valence-corrected chi connectivity index (χ2v) is 6.06. The minimum Gasteiger partial charge on any atom is -0.495 e. The lowest BCUT2D eigenvalue weighted by atomic mass is 10.0. The lowest BCUT2D eigenvalue weighted by Crippen LogP contribution is -2.41. The zero-order valence-electron chi connectivity index (χ0n) is 12.8. The first kappa shape index (κ1) is 13.9. The maximum absolute atomic E-state index is 5.55. The van der Waals surface area contributed by atoms with E-state index in [1.807, 2.05) is 0 Å². The summed E-state index contributed by atoms with van der Waals surface area (Å²) >= 11 is 0. The average Bonchev–Trinajstić information content (AvgIpc) is 2.70. The third-order valence-corrected chi connectivity index (χ3v) is 3.96. The van der Waals surface area contributed by atoms with Gasteiger partial charge in [0.25, 0.3) is 0 Å². The molecule has 0 N–H and O–H groups in total. The fourth-order valence-corrected chi connectivity index (χ4v) is 2.30. The molecule has 0 bridgehead atoms. The van der Waals surface area contributed by atoms with E-state index in [1.165, 1.54) is 16.5 Å². The summed E-state index contributed by atoms with van der Waals surface area (Å²) in [5.74, 6) is 0.953. The van der Waals surface area contributed by atoms with Gasteiger partial charge >= 0.3 is 0 Å². The summed E-state index contributed by atoms with van der Waals surface area (Å²) in [5.41, 5.74) is 2.51. The van der Waals surface area contributed by atoms with E-state index in [0.717, 1.165) is 12.3 Å². The number of aryl methyl sites for hydroxylation is 1. The van der Waals surface area contributed by atoms with Crippen LogP contribution < -0.4 is 4.74 Å². The van der Waals surface area contributed by atoms with Gasteiger partial charge in [0.2, 0.25) is 0 Å². The summed E-state index contributed by atoms with van der Waals surface area (Å²) in [6.45, 7) is 7.53. The van der Waals surface area contributed by atoms with Gasteiger partial charge in [-0.2, -0.15) is 0 Å². The smallest absolute Gasteiger partial charge is 0.143 e. The largest absolute Gasteiger partial charge is 0.495 e. The van der Waals surface area contributed by atoms with Crippen LogP contribution in [0, 0.1) is 6.92 Å². The monoisotopic (exact) mass is 260 g/mol. The SMILES string of the molecule is COc1cc(C)cc2ccn(CC(C)(C)N(C)C)c12. The van der Waals surface area contributed by atoms with Crippen LogP contribution in [-0.2, 0) is 6.54 Å². The van der Waals surface area contributed by atoms with Crippen LogP contribution in [0.15, 0.2) is 24.4 Å². The Balaban J connectivity index is 2.51. The summed E-state index contributed by atoms with van der Waals surface area (Å²) in [6.07, 6.45) is 2.15. The van der Waals surface area contributed by atoms with Crippen LogP contribution >= 0.6 is 0 Å². The van der Waals surface area contributed by atoms with E-state index in [1.54, 1.807) is 7.11 Å². The standard InChI is InChI=1S/C16H24N2O/c1-12-9-13-7-8-18(11-16(2,3)17(4)5)15(13)14(10-12)19-6/h7-10H,11H2,1-6H3. The number of methoxy groups -OCH3 is 1. The molecule has 0 fully saturated rings. The quantitative estimate of drug-likeness (QED) is 0.839. The molecular weight excluding hydrogens is 236 g/mol. The van der Waals surface area contributed by atoms with Gasteiger partial charge in [-0.15, -0.1) is 0 Å². The molecule has 0 saturated carbocycles. The van der Waals surface area contributed by atoms with E-state index in [9.17, 15) is 0 Å². The maximum Gasteiger partial charge on any atom is 0.143 e. The highest BCUT2D eigenvalue weighted by atomic mass is 16.5. The predicted molar refractivity (Wildman–Crippen MR) is 81.0 cm³/mol. The van der Waals surface area contributed by atoms with Crippen LogP contribution in [-0.4, -0.2) is 36.2 Å². The molecule has 0 aliphatic carbocycles. The van der Waals surface area contributed by atoms with Gasteiger partial charge in [-0.3, -0.25) is 0 Å². The molecule has 3 heteroatoms. The van der Waals surface area contributed by atoms with E-state index in [4.69, 9.17) is 4.74 Å². The summed E-state index contributed by atoms with van der Waals surface area (Å²) in [6, 6.07) is 6.47. The Morgan fingerprint density at radius 1 is 1.26 bits per heavy atom. The van der Waals surface area contributed by atoms with Crippen molar-refractivity contribution in [3.05, 3.63) is 30.0 Å². The molecule has 2 rings (SSSR count). The number of hydrogen-bond donors (Lipinski definition) is 0. The Morgan fingerprint density at radius 3 is 2.53 bits per heavy atom. The molecule has 0 spiro atoms. The minimum atomic E-state index is 0.0991. The summed E-state index contributed by atoms with van der Waals surface area (Å²) in [5, 5.41) is 1.24. The molecule has 1 aromatic heterocycles. The second-order valence-electron chi connectivity index (χ2n) is 6.06. The minimum absolute atomic E-state index is 0.0991. The highest BCUT2D eigenvalue weighted by molar-refractivity contribution is 5.86. The van der Waals surface area contributed by atoms with Gasteiger partial charge in [0, 0.05) is 23.7 Å². The van der Waals surface area contributed by atoms with Gasteiger partial charge in [-0.05, 0) is 58.6 Å². The van der Waals surface area contributed by atoms with Gasteiger partial charge in [-0.25, -0.2) is 0 Å². The second kappa shape index (κ2) is 4.89. The highest BCUT2D eigenvalue weighted by Gasteiger charge is 2.22. The molecule has 0 aliphatic rings. The average molecular weight is 260 g/mol. The zero-order chi connectivity index (χ0) is 14.2. The summed E-state index contributed by atoms with van der Waals surface area (Å²) in [4.78, 5) is 2.25. The van der Waals surface area contributed by atoms with Crippen molar-refractivity contribution in [2.24, 2.45) is 0 Å². The van der Waals surface area contributed by atoms with Crippen molar-refractivity contribution in [3.63, 3.8) is 0 Å². The van der Waals surface area contributed by atoms with Gasteiger partial charge < -0.3 is 14.2 Å². The van der Waals surface area contributed by atoms with Crippen molar-refractivity contribution in [2.75, 3.05) is 21.2 Å². The Kier molecular flexibility index (Phi) is 3.59. The summed E-state index contributed by atoms with van der Waals surface area (Å²) in [7, 11) is 5.97. The van der Waals surface area contributed by atoms with E-state index >= 15 is 0 Å². The zero-order valence-corrected chi connectivity index (χ0v) is 12.8. The number of fused-ring (bicyclic) bond motifs is 1. The molecule has 0 amide bonds. The molecule has 0 saturated heterocycles. The van der Waals surface area contributed by atoms with E-state index in [-0.39, 0.29) is 5.54 Å². The molecule has 2 aromatic rings. The fourth-order valence-electron chi connectivity index (χ4n) is 2.30. The lowest BCUT2D eigenvalue weighted by Gasteiger charge is -2.33. The van der Waals surface area contributed by atoms with Crippen molar-refractivity contribution in [2.45, 2.75) is 32.9 Å². The molecule has 1 aromatic carbocycles. The van der Waals surface area contributed by atoms with Crippen molar-refractivity contribution in [3.8, 4) is 5.75 Å². The number of ether oxygens (including phenoxy) is 1. The van der Waals surface area contributed by atoms with Gasteiger partial charge in [0.15, 0.2) is 0 Å². The third-order valence-electron chi connectivity index (χ3n) is 3.96. The van der Waals surface area contributed by atoms with E-state index < -0.39 is 0 Å². The Bertz CT molecular complexity index is 582. The van der Waals surface area contributed by atoms with Gasteiger partial charge in [0.05, 0.1) is 12.6 Å². The normalized spacial score (nSPS) is 12.4. The fraction of sp³-hybridized carbons (Fsp3) is 0.500. The predicted octanol–water partition coefficient (Wildman–Crippen LogP) is 3.30. The number of benzene rings is 1. The van der Waals surface area contributed by atoms with Gasteiger partial charge in [0.1, 0.15) is 5.75 Å². The molecule has 0 aliphatic heterocycles. The molecule has 3 nitrogen and oxygen atoms in total. The van der Waals surface area contributed by atoms with Crippen LogP contribution in [0.4, 0.5) is 0 Å². The molecule has 104 valence electrons. The first-order valence-electron chi connectivity index (χ1n) is 6.66. The van der Waals surface area contributed by atoms with Gasteiger partial charge in [-0.1, -0.05) is 0 Å². The Hall–Kier alpha value is -1.48. The molecule has 19 heavy (non-hydrogen) atoms. The topological polar surface area (TPSA) is 17.4 Å². The first-order valence-corrected chi connectivity index (χ1v) is 6.66. The van der Waals surface area contributed by atoms with Crippen LogP contribution in [0.25, 0.3) is 10.9 Å². The first-order chi connectivity index (χ1) is 8.85. The van der Waals surface area contributed by atoms with Crippen molar-refractivity contribution >= 4 is 10.9 Å². The summed E-state index contributed by atoms with van der Waals surface area (Å²) < 4.78 is 7.83. The van der Waals surface area contributed by atoms with E-state index in [2.05, 4.69) is 68.7 Å². The molecule has 0 atom stereocenters. The highest BCUT2D eigenvalue weighted by Crippen LogP contribution is 2.30. The molecular formula is C16H24N2O.